The van der Waals surface area contributed by atoms with Gasteiger partial charge in [-0.05, 0) is 36.8 Å². The normalized spacial score (nSPS) is 15.0. The number of esters is 1. The van der Waals surface area contributed by atoms with Crippen molar-refractivity contribution in [1.29, 1.82) is 0 Å². The fourth-order valence-electron chi connectivity index (χ4n) is 2.27. The number of carbonyl (C=O) groups is 1. The van der Waals surface area contributed by atoms with E-state index in [2.05, 4.69) is 4.99 Å². The first-order chi connectivity index (χ1) is 12.1. The average molecular weight is 338 g/mol. The zero-order valence-electron chi connectivity index (χ0n) is 13.3. The number of non-ortho nitro benzene ring substituents is 1. The highest BCUT2D eigenvalue weighted by molar-refractivity contribution is 6.13. The van der Waals surface area contributed by atoms with E-state index in [1.807, 2.05) is 6.92 Å². The lowest BCUT2D eigenvalue weighted by atomic mass is 10.2. The minimum absolute atomic E-state index is 0.0471. The van der Waals surface area contributed by atoms with Crippen molar-refractivity contribution in [1.82, 2.24) is 0 Å². The van der Waals surface area contributed by atoms with E-state index in [1.165, 1.54) is 18.2 Å². The molecule has 0 saturated carbocycles. The largest absolute Gasteiger partial charge is 0.494 e. The molecule has 7 nitrogen and oxygen atoms in total. The number of ether oxygens (including phenoxy) is 2. The van der Waals surface area contributed by atoms with Crippen molar-refractivity contribution in [2.45, 2.75) is 6.92 Å². The van der Waals surface area contributed by atoms with Gasteiger partial charge in [0.25, 0.3) is 5.69 Å². The molecule has 3 rings (SSSR count). The summed E-state index contributed by atoms with van der Waals surface area (Å²) in [6, 6.07) is 13.0. The molecule has 0 radical (unpaired) electrons. The van der Waals surface area contributed by atoms with Gasteiger partial charge in [-0.3, -0.25) is 10.1 Å². The highest BCUT2D eigenvalue weighted by Gasteiger charge is 2.25. The maximum absolute atomic E-state index is 12.0. The summed E-state index contributed by atoms with van der Waals surface area (Å²) in [5.41, 5.74) is 1.17. The number of rotatable bonds is 5. The van der Waals surface area contributed by atoms with Crippen LogP contribution in [0.5, 0.6) is 5.75 Å². The lowest BCUT2D eigenvalue weighted by Gasteiger charge is -2.02. The van der Waals surface area contributed by atoms with Crippen LogP contribution in [0.4, 0.5) is 5.69 Å². The van der Waals surface area contributed by atoms with Gasteiger partial charge in [0, 0.05) is 17.7 Å². The quantitative estimate of drug-likeness (QED) is 0.361. The third-order valence-corrected chi connectivity index (χ3v) is 3.42. The molecule has 0 fully saturated rings. The number of benzene rings is 2. The second-order valence-corrected chi connectivity index (χ2v) is 5.15. The van der Waals surface area contributed by atoms with Crippen molar-refractivity contribution in [3.63, 3.8) is 0 Å². The maximum Gasteiger partial charge on any atom is 0.363 e. The minimum Gasteiger partial charge on any atom is -0.494 e. The molecule has 0 spiro atoms. The summed E-state index contributed by atoms with van der Waals surface area (Å²) in [5, 5.41) is 10.8. The van der Waals surface area contributed by atoms with Gasteiger partial charge in [0.2, 0.25) is 5.90 Å². The summed E-state index contributed by atoms with van der Waals surface area (Å²) in [6.07, 6.45) is 1.59. The molecule has 126 valence electrons. The Labute approximate surface area is 143 Å². The Bertz CT molecular complexity index is 885. The summed E-state index contributed by atoms with van der Waals surface area (Å²) < 4.78 is 10.5. The average Bonchev–Trinajstić information content (AvgIpc) is 2.98. The first-order valence-electron chi connectivity index (χ1n) is 7.57. The molecule has 25 heavy (non-hydrogen) atoms. The van der Waals surface area contributed by atoms with Crippen molar-refractivity contribution in [3.8, 4) is 5.75 Å². The van der Waals surface area contributed by atoms with Crippen molar-refractivity contribution < 1.29 is 19.2 Å². The van der Waals surface area contributed by atoms with E-state index in [9.17, 15) is 14.9 Å². The van der Waals surface area contributed by atoms with Gasteiger partial charge in [-0.15, -0.1) is 0 Å². The van der Waals surface area contributed by atoms with Crippen LogP contribution in [0, 0.1) is 10.1 Å². The number of hydrogen-bond acceptors (Lipinski definition) is 6. The number of cyclic esters (lactones) is 1. The predicted molar refractivity (Wildman–Crippen MR) is 91.3 cm³/mol. The molecule has 0 amide bonds. The SMILES string of the molecule is CCOc1ccc(C=C2N=C(c3cccc([N+](=O)[O-])c3)OC2=O)cc1. The Balaban J connectivity index is 1.87. The molecule has 0 aromatic heterocycles. The molecule has 0 N–H and O–H groups in total. The molecule has 0 bridgehead atoms. The molecule has 2 aromatic carbocycles. The van der Waals surface area contributed by atoms with Crippen LogP contribution in [-0.2, 0) is 9.53 Å². The van der Waals surface area contributed by atoms with Gasteiger partial charge in [-0.25, -0.2) is 9.79 Å². The van der Waals surface area contributed by atoms with Gasteiger partial charge in [0.1, 0.15) is 5.75 Å². The molecule has 7 heteroatoms. The van der Waals surface area contributed by atoms with Crippen LogP contribution in [0.15, 0.2) is 59.2 Å². The lowest BCUT2D eigenvalue weighted by molar-refractivity contribution is -0.384. The second-order valence-electron chi connectivity index (χ2n) is 5.15. The third-order valence-electron chi connectivity index (χ3n) is 3.42. The van der Waals surface area contributed by atoms with E-state index in [-0.39, 0.29) is 17.3 Å². The Kier molecular flexibility index (Phi) is 4.56. The summed E-state index contributed by atoms with van der Waals surface area (Å²) in [7, 11) is 0. The van der Waals surface area contributed by atoms with E-state index in [1.54, 1.807) is 36.4 Å². The van der Waals surface area contributed by atoms with Gasteiger partial charge in [-0.1, -0.05) is 18.2 Å². The Hall–Kier alpha value is -3.48. The number of hydrogen-bond donors (Lipinski definition) is 0. The Morgan fingerprint density at radius 1 is 1.24 bits per heavy atom. The standard InChI is InChI=1S/C18H14N2O5/c1-2-24-15-8-6-12(7-9-15)10-16-18(21)25-17(19-16)13-4-3-5-14(11-13)20(22)23/h3-11H,2H2,1H3. The zero-order chi connectivity index (χ0) is 17.8. The minimum atomic E-state index is -0.601. The van der Waals surface area contributed by atoms with Gasteiger partial charge in [-0.2, -0.15) is 0 Å². The van der Waals surface area contributed by atoms with Crippen LogP contribution in [0.1, 0.15) is 18.1 Å². The Morgan fingerprint density at radius 3 is 2.68 bits per heavy atom. The molecule has 2 aromatic rings. The zero-order valence-corrected chi connectivity index (χ0v) is 13.3. The van der Waals surface area contributed by atoms with Crippen LogP contribution in [0.3, 0.4) is 0 Å². The number of aliphatic imine (C=N–C) groups is 1. The second kappa shape index (κ2) is 6.96. The highest BCUT2D eigenvalue weighted by Crippen LogP contribution is 2.22. The first-order valence-corrected chi connectivity index (χ1v) is 7.57. The van der Waals surface area contributed by atoms with Crippen LogP contribution >= 0.6 is 0 Å². The molecule has 0 aliphatic carbocycles. The number of nitro groups is 1. The van der Waals surface area contributed by atoms with Crippen molar-refractivity contribution in [3.05, 3.63) is 75.5 Å². The van der Waals surface area contributed by atoms with Gasteiger partial charge in [0.05, 0.1) is 11.5 Å². The highest BCUT2D eigenvalue weighted by atomic mass is 16.6. The number of nitrogens with zero attached hydrogens (tertiary/aromatic N) is 2. The molecular formula is C18H14N2O5. The van der Waals surface area contributed by atoms with Gasteiger partial charge < -0.3 is 9.47 Å². The molecule has 1 aliphatic rings. The van der Waals surface area contributed by atoms with E-state index in [0.717, 1.165) is 11.3 Å². The first kappa shape index (κ1) is 16.4. The summed E-state index contributed by atoms with van der Waals surface area (Å²) in [6.45, 7) is 2.47. The molecule has 1 heterocycles. The fourth-order valence-corrected chi connectivity index (χ4v) is 2.27. The number of carbonyl (C=O) groups excluding carboxylic acids is 1. The van der Waals surface area contributed by atoms with E-state index in [0.29, 0.717) is 12.2 Å². The molecule has 1 aliphatic heterocycles. The molecule has 0 atom stereocenters. The molecule has 0 unspecified atom stereocenters. The predicted octanol–water partition coefficient (Wildman–Crippen LogP) is 3.34. The Morgan fingerprint density at radius 2 is 2.00 bits per heavy atom. The van der Waals surface area contributed by atoms with E-state index >= 15 is 0 Å². The van der Waals surface area contributed by atoms with Crippen molar-refractivity contribution >= 4 is 23.6 Å². The smallest absolute Gasteiger partial charge is 0.363 e. The van der Waals surface area contributed by atoms with Crippen LogP contribution < -0.4 is 4.74 Å². The lowest BCUT2D eigenvalue weighted by Crippen LogP contribution is -2.05. The van der Waals surface area contributed by atoms with E-state index < -0.39 is 10.9 Å². The van der Waals surface area contributed by atoms with Crippen LogP contribution in [0.2, 0.25) is 0 Å². The number of nitro benzene ring substituents is 1. The van der Waals surface area contributed by atoms with Crippen molar-refractivity contribution in [2.75, 3.05) is 6.61 Å². The van der Waals surface area contributed by atoms with Crippen LogP contribution in [0.25, 0.3) is 6.08 Å². The monoisotopic (exact) mass is 338 g/mol. The maximum atomic E-state index is 12.0. The van der Waals surface area contributed by atoms with E-state index in [4.69, 9.17) is 9.47 Å². The summed E-state index contributed by atoms with van der Waals surface area (Å²) in [5.74, 6) is 0.181. The topological polar surface area (TPSA) is 91.0 Å². The van der Waals surface area contributed by atoms with Gasteiger partial charge >= 0.3 is 5.97 Å². The summed E-state index contributed by atoms with van der Waals surface area (Å²) in [4.78, 5) is 26.5. The van der Waals surface area contributed by atoms with Crippen LogP contribution in [-0.4, -0.2) is 23.4 Å². The van der Waals surface area contributed by atoms with Crippen molar-refractivity contribution in [2.24, 2.45) is 4.99 Å². The fraction of sp³-hybridized carbons (Fsp3) is 0.111. The third kappa shape index (κ3) is 3.72. The molecule has 0 saturated heterocycles. The molecular weight excluding hydrogens is 324 g/mol. The summed E-state index contributed by atoms with van der Waals surface area (Å²) >= 11 is 0. The van der Waals surface area contributed by atoms with Gasteiger partial charge in [0.15, 0.2) is 5.70 Å².